The lowest BCUT2D eigenvalue weighted by Gasteiger charge is -2.16. The highest BCUT2D eigenvalue weighted by Crippen LogP contribution is 2.24. The first-order chi connectivity index (χ1) is 10.7. The number of nitrogens with zero attached hydrogens (tertiary/aromatic N) is 1. The van der Waals surface area contributed by atoms with Crippen LogP contribution in [0.15, 0.2) is 23.1 Å². The first kappa shape index (κ1) is 21.1. The van der Waals surface area contributed by atoms with Crippen molar-refractivity contribution in [1.82, 2.24) is 4.31 Å². The molecule has 0 radical (unpaired) electrons. The quantitative estimate of drug-likeness (QED) is 0.742. The minimum Gasteiger partial charge on any atom is -0.326 e. The van der Waals surface area contributed by atoms with Gasteiger partial charge in [0.1, 0.15) is 5.82 Å². The molecule has 1 aliphatic rings. The molecule has 1 heterocycles. The fourth-order valence-electron chi connectivity index (χ4n) is 2.35. The highest BCUT2D eigenvalue weighted by Gasteiger charge is 2.31. The van der Waals surface area contributed by atoms with Crippen LogP contribution in [-0.2, 0) is 20.0 Å². The summed E-state index contributed by atoms with van der Waals surface area (Å²) in [6.07, 6.45) is 0.940. The summed E-state index contributed by atoms with van der Waals surface area (Å²) in [5.74, 6) is -1.08. The van der Waals surface area contributed by atoms with Gasteiger partial charge in [-0.3, -0.25) is 4.72 Å². The maximum absolute atomic E-state index is 14.1. The Morgan fingerprint density at radius 1 is 1.33 bits per heavy atom. The van der Waals surface area contributed by atoms with Gasteiger partial charge in [0.2, 0.25) is 20.0 Å². The molecule has 1 aromatic carbocycles. The molecule has 0 unspecified atom stereocenters. The molecule has 1 atom stereocenters. The van der Waals surface area contributed by atoms with Crippen molar-refractivity contribution >= 4 is 38.1 Å². The zero-order chi connectivity index (χ0) is 17.3. The molecule has 0 spiro atoms. The largest absolute Gasteiger partial charge is 0.326 e. The number of sulfonamides is 2. The minimum atomic E-state index is -3.83. The summed E-state index contributed by atoms with van der Waals surface area (Å²) in [6.45, 7) is 2.16. The first-order valence-corrected chi connectivity index (χ1v) is 10.3. The lowest BCUT2D eigenvalue weighted by Crippen LogP contribution is -2.32. The van der Waals surface area contributed by atoms with Crippen molar-refractivity contribution in [3.63, 3.8) is 0 Å². The molecule has 7 nitrogen and oxygen atoms in total. The zero-order valence-corrected chi connectivity index (χ0v) is 15.6. The number of halogens is 2. The highest BCUT2D eigenvalue weighted by atomic mass is 35.5. The number of rotatable bonds is 6. The Bertz CT molecular complexity index is 786. The van der Waals surface area contributed by atoms with E-state index >= 15 is 0 Å². The fraction of sp³-hybridized carbons (Fsp3) is 0.538. The summed E-state index contributed by atoms with van der Waals surface area (Å²) in [5.41, 5.74) is 5.43. The molecule has 0 aromatic heterocycles. The van der Waals surface area contributed by atoms with E-state index in [4.69, 9.17) is 5.73 Å². The molecule has 0 saturated carbocycles. The topological polar surface area (TPSA) is 110 Å². The van der Waals surface area contributed by atoms with E-state index in [-0.39, 0.29) is 47.9 Å². The van der Waals surface area contributed by atoms with Gasteiger partial charge < -0.3 is 5.73 Å². The van der Waals surface area contributed by atoms with Crippen molar-refractivity contribution < 1.29 is 21.2 Å². The van der Waals surface area contributed by atoms with Crippen LogP contribution in [0.25, 0.3) is 0 Å². The smallest absolute Gasteiger partial charge is 0.243 e. The Morgan fingerprint density at radius 2 is 2.00 bits per heavy atom. The van der Waals surface area contributed by atoms with Crippen LogP contribution in [0.4, 0.5) is 10.1 Å². The molecule has 0 bridgehead atoms. The molecule has 1 fully saturated rings. The summed E-state index contributed by atoms with van der Waals surface area (Å²) in [5, 5.41) is 0. The Morgan fingerprint density at radius 3 is 2.50 bits per heavy atom. The molecule has 24 heavy (non-hydrogen) atoms. The molecule has 0 amide bonds. The van der Waals surface area contributed by atoms with Crippen LogP contribution in [-0.4, -0.2) is 46.0 Å². The van der Waals surface area contributed by atoms with Crippen LogP contribution in [0.2, 0.25) is 0 Å². The second kappa shape index (κ2) is 7.96. The molecule has 1 aromatic rings. The van der Waals surface area contributed by atoms with Crippen molar-refractivity contribution in [1.29, 1.82) is 0 Å². The average molecular weight is 402 g/mol. The molecule has 1 aliphatic heterocycles. The number of hydrogen-bond acceptors (Lipinski definition) is 5. The van der Waals surface area contributed by atoms with Gasteiger partial charge in [0, 0.05) is 19.1 Å². The first-order valence-electron chi connectivity index (χ1n) is 7.21. The molecule has 138 valence electrons. The van der Waals surface area contributed by atoms with Gasteiger partial charge >= 0.3 is 0 Å². The van der Waals surface area contributed by atoms with Gasteiger partial charge in [-0.15, -0.1) is 12.4 Å². The third kappa shape index (κ3) is 4.79. The van der Waals surface area contributed by atoms with Gasteiger partial charge in [-0.25, -0.2) is 21.2 Å². The summed E-state index contributed by atoms with van der Waals surface area (Å²) >= 11 is 0. The van der Waals surface area contributed by atoms with Gasteiger partial charge in [-0.05, 0) is 31.0 Å². The number of nitrogens with one attached hydrogen (secondary N) is 1. The second-order valence-electron chi connectivity index (χ2n) is 5.47. The zero-order valence-electron chi connectivity index (χ0n) is 13.1. The lowest BCUT2D eigenvalue weighted by molar-refractivity contribution is 0.471. The Kier molecular flexibility index (Phi) is 7.00. The molecule has 0 aliphatic carbocycles. The van der Waals surface area contributed by atoms with Crippen molar-refractivity contribution in [2.24, 2.45) is 5.73 Å². The average Bonchev–Trinajstić information content (AvgIpc) is 2.88. The predicted molar refractivity (Wildman–Crippen MR) is 92.7 cm³/mol. The van der Waals surface area contributed by atoms with Crippen molar-refractivity contribution in [2.75, 3.05) is 23.6 Å². The van der Waals surface area contributed by atoms with Crippen molar-refractivity contribution in [2.45, 2.75) is 30.7 Å². The number of nitrogens with two attached hydrogens (primary N) is 1. The molecule has 2 rings (SSSR count). The van der Waals surface area contributed by atoms with Crippen LogP contribution >= 0.6 is 12.4 Å². The summed E-state index contributed by atoms with van der Waals surface area (Å²) < 4.78 is 65.5. The van der Waals surface area contributed by atoms with E-state index in [0.29, 0.717) is 12.8 Å². The summed E-state index contributed by atoms with van der Waals surface area (Å²) in [6, 6.07) is 2.90. The van der Waals surface area contributed by atoms with Gasteiger partial charge in [-0.2, -0.15) is 4.31 Å². The molecular weight excluding hydrogens is 381 g/mol. The van der Waals surface area contributed by atoms with Crippen LogP contribution in [0.3, 0.4) is 0 Å². The number of benzene rings is 1. The molecular formula is C13H21ClFN3O4S2. The highest BCUT2D eigenvalue weighted by molar-refractivity contribution is 7.92. The van der Waals surface area contributed by atoms with E-state index in [1.807, 2.05) is 0 Å². The standard InChI is InChI=1S/C13H20FN3O4S2.ClH/c1-2-7-22(18,19)16-13-4-3-11(8-12(13)14)23(20,21)17-6-5-10(15)9-17;/h3-4,8,10,16H,2,5-7,9,15H2,1H3;1H/t10-;/m1./s1. The normalized spacial score (nSPS) is 19.0. The van der Waals surface area contributed by atoms with Gasteiger partial charge in [-0.1, -0.05) is 6.92 Å². The van der Waals surface area contributed by atoms with E-state index in [2.05, 4.69) is 4.72 Å². The Hall–Kier alpha value is -0.940. The maximum Gasteiger partial charge on any atom is 0.243 e. The SMILES string of the molecule is CCCS(=O)(=O)Nc1ccc(S(=O)(=O)N2CC[C@@H](N)C2)cc1F.Cl. The van der Waals surface area contributed by atoms with Crippen LogP contribution < -0.4 is 10.5 Å². The van der Waals surface area contributed by atoms with Crippen LogP contribution in [0, 0.1) is 5.82 Å². The lowest BCUT2D eigenvalue weighted by atomic mass is 10.3. The molecule has 3 N–H and O–H groups in total. The second-order valence-corrected chi connectivity index (χ2v) is 9.25. The van der Waals surface area contributed by atoms with E-state index in [0.717, 1.165) is 12.1 Å². The third-order valence-electron chi connectivity index (χ3n) is 3.50. The predicted octanol–water partition coefficient (Wildman–Crippen LogP) is 1.12. The molecule has 11 heteroatoms. The monoisotopic (exact) mass is 401 g/mol. The summed E-state index contributed by atoms with van der Waals surface area (Å²) in [4.78, 5) is -0.220. The van der Waals surface area contributed by atoms with E-state index in [1.165, 1.54) is 10.4 Å². The van der Waals surface area contributed by atoms with Gasteiger partial charge in [0.15, 0.2) is 0 Å². The van der Waals surface area contributed by atoms with E-state index in [9.17, 15) is 21.2 Å². The Labute approximate surface area is 147 Å². The molecule has 1 saturated heterocycles. The van der Waals surface area contributed by atoms with E-state index < -0.39 is 25.9 Å². The Balaban J connectivity index is 0.00000288. The van der Waals surface area contributed by atoms with E-state index in [1.54, 1.807) is 6.92 Å². The number of hydrogen-bond donors (Lipinski definition) is 2. The number of anilines is 1. The van der Waals surface area contributed by atoms with Crippen molar-refractivity contribution in [3.05, 3.63) is 24.0 Å². The van der Waals surface area contributed by atoms with Crippen LogP contribution in [0.5, 0.6) is 0 Å². The van der Waals surface area contributed by atoms with Gasteiger partial charge in [0.25, 0.3) is 0 Å². The summed E-state index contributed by atoms with van der Waals surface area (Å²) in [7, 11) is -7.47. The third-order valence-corrected chi connectivity index (χ3v) is 6.84. The van der Waals surface area contributed by atoms with Crippen molar-refractivity contribution in [3.8, 4) is 0 Å². The maximum atomic E-state index is 14.1. The minimum absolute atomic E-state index is 0. The van der Waals surface area contributed by atoms with Gasteiger partial charge in [0.05, 0.1) is 16.3 Å². The van der Waals surface area contributed by atoms with Crippen LogP contribution in [0.1, 0.15) is 19.8 Å². The fourth-order valence-corrected chi connectivity index (χ4v) is 5.01.